The molecule has 3 rings (SSSR count). The topological polar surface area (TPSA) is 45.1 Å². The first kappa shape index (κ1) is 12.7. The predicted octanol–water partition coefficient (Wildman–Crippen LogP) is 2.87. The van der Waals surface area contributed by atoms with Crippen LogP contribution in [0.25, 0.3) is 10.9 Å². The summed E-state index contributed by atoms with van der Waals surface area (Å²) in [5, 5.41) is 1.30. The minimum Gasteiger partial charge on any atom is -0.361 e. The molecule has 0 aliphatic carbocycles. The van der Waals surface area contributed by atoms with Crippen LogP contribution in [0.3, 0.4) is 0 Å². The van der Waals surface area contributed by atoms with Crippen LogP contribution in [-0.2, 0) is 6.42 Å². The van der Waals surface area contributed by atoms with E-state index in [-0.39, 0.29) is 5.66 Å². The van der Waals surface area contributed by atoms with Crippen molar-refractivity contribution in [3.8, 4) is 0 Å². The summed E-state index contributed by atoms with van der Waals surface area (Å²) >= 11 is 0. The highest BCUT2D eigenvalue weighted by molar-refractivity contribution is 5.83. The number of H-pyrrole nitrogens is 1. The van der Waals surface area contributed by atoms with Gasteiger partial charge in [0.1, 0.15) is 0 Å². The monoisotopic (exact) mass is 257 g/mol. The summed E-state index contributed by atoms with van der Waals surface area (Å²) in [7, 11) is 0. The van der Waals surface area contributed by atoms with E-state index >= 15 is 0 Å². The number of para-hydroxylation sites is 1. The summed E-state index contributed by atoms with van der Waals surface area (Å²) in [5.41, 5.74) is 8.87. The third kappa shape index (κ3) is 2.53. The molecule has 1 aliphatic heterocycles. The van der Waals surface area contributed by atoms with Gasteiger partial charge in [-0.1, -0.05) is 24.6 Å². The van der Waals surface area contributed by atoms with E-state index in [4.69, 9.17) is 5.73 Å². The third-order valence-electron chi connectivity index (χ3n) is 4.30. The molecular formula is C16H23N3. The molecule has 19 heavy (non-hydrogen) atoms. The van der Waals surface area contributed by atoms with Gasteiger partial charge in [-0.25, -0.2) is 0 Å². The summed E-state index contributed by atoms with van der Waals surface area (Å²) in [6.45, 7) is 4.44. The van der Waals surface area contributed by atoms with Gasteiger partial charge in [-0.05, 0) is 44.5 Å². The van der Waals surface area contributed by atoms with Crippen LogP contribution in [0, 0.1) is 0 Å². The lowest BCUT2D eigenvalue weighted by Crippen LogP contribution is -2.56. The van der Waals surface area contributed by atoms with Crippen LogP contribution in [0.4, 0.5) is 0 Å². The highest BCUT2D eigenvalue weighted by atomic mass is 15.3. The predicted molar refractivity (Wildman–Crippen MR) is 80.0 cm³/mol. The number of fused-ring (bicyclic) bond motifs is 1. The van der Waals surface area contributed by atoms with Gasteiger partial charge in [0.25, 0.3) is 0 Å². The number of hydrogen-bond acceptors (Lipinski definition) is 2. The molecule has 1 fully saturated rings. The molecule has 102 valence electrons. The van der Waals surface area contributed by atoms with Crippen LogP contribution in [0.15, 0.2) is 30.5 Å². The van der Waals surface area contributed by atoms with Gasteiger partial charge in [-0.2, -0.15) is 0 Å². The Bertz CT molecular complexity index is 550. The fourth-order valence-corrected chi connectivity index (χ4v) is 3.18. The lowest BCUT2D eigenvalue weighted by Gasteiger charge is -2.40. The van der Waals surface area contributed by atoms with E-state index in [1.54, 1.807) is 0 Å². The van der Waals surface area contributed by atoms with E-state index in [2.05, 4.69) is 47.3 Å². The zero-order valence-electron chi connectivity index (χ0n) is 11.7. The van der Waals surface area contributed by atoms with Gasteiger partial charge in [0.2, 0.25) is 0 Å². The maximum absolute atomic E-state index is 6.59. The first-order valence-electron chi connectivity index (χ1n) is 7.26. The van der Waals surface area contributed by atoms with Crippen molar-refractivity contribution in [3.05, 3.63) is 36.0 Å². The normalized spacial score (nSPS) is 20.5. The maximum atomic E-state index is 6.59. The van der Waals surface area contributed by atoms with Gasteiger partial charge < -0.3 is 10.7 Å². The van der Waals surface area contributed by atoms with Crippen molar-refractivity contribution < 1.29 is 0 Å². The Balaban J connectivity index is 1.83. The number of aromatic amines is 1. The number of aromatic nitrogens is 1. The van der Waals surface area contributed by atoms with Crippen molar-refractivity contribution >= 4 is 10.9 Å². The van der Waals surface area contributed by atoms with E-state index in [1.165, 1.54) is 35.7 Å². The van der Waals surface area contributed by atoms with Crippen LogP contribution < -0.4 is 5.73 Å². The third-order valence-corrected chi connectivity index (χ3v) is 4.30. The number of piperidine rings is 1. The maximum Gasteiger partial charge on any atom is 0.0700 e. The Hall–Kier alpha value is -1.32. The minimum absolute atomic E-state index is 0.245. The van der Waals surface area contributed by atoms with E-state index in [9.17, 15) is 0 Å². The first-order valence-corrected chi connectivity index (χ1v) is 7.26. The molecule has 1 aromatic heterocycles. The van der Waals surface area contributed by atoms with Crippen molar-refractivity contribution in [1.82, 2.24) is 9.88 Å². The molecule has 1 aliphatic rings. The second-order valence-corrected chi connectivity index (χ2v) is 5.94. The number of nitrogens with one attached hydrogen (secondary N) is 1. The average molecular weight is 257 g/mol. The number of nitrogens with two attached hydrogens (primary N) is 1. The molecule has 3 heteroatoms. The molecule has 0 spiro atoms. The number of nitrogens with zero attached hydrogens (tertiary/aromatic N) is 1. The molecule has 0 bridgehead atoms. The largest absolute Gasteiger partial charge is 0.361 e. The lowest BCUT2D eigenvalue weighted by molar-refractivity contribution is 0.0859. The van der Waals surface area contributed by atoms with E-state index in [0.717, 1.165) is 19.5 Å². The average Bonchev–Trinajstić information content (AvgIpc) is 2.83. The Morgan fingerprint density at radius 2 is 1.95 bits per heavy atom. The molecule has 1 atom stereocenters. The quantitative estimate of drug-likeness (QED) is 0.888. The molecule has 2 aromatic rings. The van der Waals surface area contributed by atoms with Crippen LogP contribution >= 0.6 is 0 Å². The van der Waals surface area contributed by atoms with Gasteiger partial charge in [0, 0.05) is 23.5 Å². The van der Waals surface area contributed by atoms with E-state index in [1.807, 2.05) is 0 Å². The van der Waals surface area contributed by atoms with Gasteiger partial charge in [-0.15, -0.1) is 0 Å². The molecule has 0 radical (unpaired) electrons. The summed E-state index contributed by atoms with van der Waals surface area (Å²) in [4.78, 5) is 5.78. The Labute approximate surface area is 114 Å². The van der Waals surface area contributed by atoms with Crippen molar-refractivity contribution in [2.75, 3.05) is 13.1 Å². The number of hydrogen-bond donors (Lipinski definition) is 2. The SMILES string of the molecule is CC(N)(Cc1c[nH]c2ccccc12)N1CCCCC1. The summed E-state index contributed by atoms with van der Waals surface area (Å²) < 4.78 is 0. The van der Waals surface area contributed by atoms with E-state index in [0.29, 0.717) is 0 Å². The number of rotatable bonds is 3. The van der Waals surface area contributed by atoms with Gasteiger partial charge in [0.05, 0.1) is 5.66 Å². The van der Waals surface area contributed by atoms with Gasteiger partial charge >= 0.3 is 0 Å². The molecule has 3 nitrogen and oxygen atoms in total. The highest BCUT2D eigenvalue weighted by Crippen LogP contribution is 2.25. The van der Waals surface area contributed by atoms with Gasteiger partial charge in [0.15, 0.2) is 0 Å². The molecular weight excluding hydrogens is 234 g/mol. The zero-order valence-corrected chi connectivity index (χ0v) is 11.7. The second-order valence-electron chi connectivity index (χ2n) is 5.94. The molecule has 3 N–H and O–H groups in total. The Kier molecular flexibility index (Phi) is 3.33. The smallest absolute Gasteiger partial charge is 0.0700 e. The van der Waals surface area contributed by atoms with Crippen LogP contribution in [0.2, 0.25) is 0 Å². The Morgan fingerprint density at radius 3 is 2.74 bits per heavy atom. The number of likely N-dealkylation sites (tertiary alicyclic amines) is 1. The van der Waals surface area contributed by atoms with Crippen LogP contribution in [0.5, 0.6) is 0 Å². The highest BCUT2D eigenvalue weighted by Gasteiger charge is 2.29. The first-order chi connectivity index (χ1) is 9.17. The van der Waals surface area contributed by atoms with E-state index < -0.39 is 0 Å². The summed E-state index contributed by atoms with van der Waals surface area (Å²) in [6, 6.07) is 8.45. The molecule has 0 saturated carbocycles. The number of benzene rings is 1. The molecule has 1 unspecified atom stereocenters. The molecule has 1 saturated heterocycles. The van der Waals surface area contributed by atoms with Crippen LogP contribution in [0.1, 0.15) is 31.7 Å². The molecule has 1 aromatic carbocycles. The van der Waals surface area contributed by atoms with Crippen molar-refractivity contribution in [1.29, 1.82) is 0 Å². The zero-order chi connectivity index (χ0) is 13.3. The molecule has 2 heterocycles. The van der Waals surface area contributed by atoms with Crippen molar-refractivity contribution in [2.24, 2.45) is 5.73 Å². The van der Waals surface area contributed by atoms with Crippen LogP contribution in [-0.4, -0.2) is 28.6 Å². The van der Waals surface area contributed by atoms with Gasteiger partial charge in [-0.3, -0.25) is 4.90 Å². The molecule has 0 amide bonds. The fraction of sp³-hybridized carbons (Fsp3) is 0.500. The minimum atomic E-state index is -0.245. The van der Waals surface area contributed by atoms with Crippen molar-refractivity contribution in [2.45, 2.75) is 38.3 Å². The second kappa shape index (κ2) is 4.99. The summed E-state index contributed by atoms with van der Waals surface area (Å²) in [5.74, 6) is 0. The standard InChI is InChI=1S/C16H23N3/c1-16(17,19-9-5-2-6-10-19)11-13-12-18-15-8-4-3-7-14(13)15/h3-4,7-8,12,18H,2,5-6,9-11,17H2,1H3. The summed E-state index contributed by atoms with van der Waals surface area (Å²) in [6.07, 6.45) is 6.91. The lowest BCUT2D eigenvalue weighted by atomic mass is 9.97. The Morgan fingerprint density at radius 1 is 1.21 bits per heavy atom. The van der Waals surface area contributed by atoms with Crippen molar-refractivity contribution in [3.63, 3.8) is 0 Å². The fourth-order valence-electron chi connectivity index (χ4n) is 3.18.